The van der Waals surface area contributed by atoms with Crippen LogP contribution in [0.4, 0.5) is 5.69 Å². The smallest absolute Gasteiger partial charge is 0.180 e. The van der Waals surface area contributed by atoms with Crippen molar-refractivity contribution in [3.05, 3.63) is 94.5 Å². The summed E-state index contributed by atoms with van der Waals surface area (Å²) >= 11 is 17.4. The predicted octanol–water partition coefficient (Wildman–Crippen LogP) is 5.67. The predicted molar refractivity (Wildman–Crippen MR) is 128 cm³/mol. The molecule has 156 valence electrons. The van der Waals surface area contributed by atoms with Gasteiger partial charge in [-0.3, -0.25) is 0 Å². The summed E-state index contributed by atoms with van der Waals surface area (Å²) in [5.74, 6) is -0.0795. The third kappa shape index (κ3) is 6.44. The number of anilines is 1. The van der Waals surface area contributed by atoms with Gasteiger partial charge in [-0.1, -0.05) is 53.5 Å². The number of nitrogens with zero attached hydrogens (tertiary/aromatic N) is 1. The monoisotopic (exact) mass is 478 g/mol. The van der Waals surface area contributed by atoms with Crippen LogP contribution in [0, 0.1) is 0 Å². The van der Waals surface area contributed by atoms with Gasteiger partial charge in [0.1, 0.15) is 0 Å². The summed E-state index contributed by atoms with van der Waals surface area (Å²) in [6.07, 6.45) is 0. The second kappa shape index (κ2) is 10.3. The molecule has 0 spiro atoms. The highest BCUT2D eigenvalue weighted by molar-refractivity contribution is 7.91. The van der Waals surface area contributed by atoms with E-state index in [4.69, 9.17) is 35.4 Å². The Morgan fingerprint density at radius 1 is 0.867 bits per heavy atom. The van der Waals surface area contributed by atoms with E-state index < -0.39 is 9.84 Å². The van der Waals surface area contributed by atoms with Crippen molar-refractivity contribution in [1.29, 1.82) is 0 Å². The quantitative estimate of drug-likeness (QED) is 0.443. The van der Waals surface area contributed by atoms with Gasteiger partial charge in [-0.05, 0) is 66.3 Å². The zero-order chi connectivity index (χ0) is 21.6. The molecule has 30 heavy (non-hydrogen) atoms. The first-order valence-corrected chi connectivity index (χ1v) is 12.0. The number of thiocarbonyl (C=S) groups is 1. The summed E-state index contributed by atoms with van der Waals surface area (Å²) in [6, 6.07) is 23.1. The Bertz CT molecular complexity index is 1090. The van der Waals surface area contributed by atoms with Gasteiger partial charge in [-0.15, -0.1) is 0 Å². The van der Waals surface area contributed by atoms with E-state index in [-0.39, 0.29) is 17.2 Å². The fraction of sp³-hybridized carbons (Fsp3) is 0.136. The molecule has 0 saturated carbocycles. The maximum absolute atomic E-state index is 12.8. The van der Waals surface area contributed by atoms with Gasteiger partial charge in [-0.2, -0.15) is 0 Å². The van der Waals surface area contributed by atoms with Crippen molar-refractivity contribution in [3.8, 4) is 0 Å². The lowest BCUT2D eigenvalue weighted by molar-refractivity contribution is 0.440. The van der Waals surface area contributed by atoms with Gasteiger partial charge in [0, 0.05) is 28.8 Å². The second-order valence-electron chi connectivity index (χ2n) is 6.62. The number of hydrogen-bond acceptors (Lipinski definition) is 3. The molecule has 0 saturated heterocycles. The van der Waals surface area contributed by atoms with E-state index in [2.05, 4.69) is 5.32 Å². The van der Waals surface area contributed by atoms with E-state index in [1.165, 1.54) is 12.1 Å². The first kappa shape index (κ1) is 22.6. The standard InChI is InChI=1S/C22H20Cl2N2O2S2/c23-18-6-10-20(11-7-18)25-22(29)26(16-17-4-2-1-3-5-17)14-15-30(27,28)21-12-8-19(24)9-13-21/h1-13H,14-16H2,(H,25,29). The molecule has 3 rings (SSSR count). The minimum absolute atomic E-state index is 0.0795. The molecule has 0 aliphatic rings. The third-order valence-electron chi connectivity index (χ3n) is 4.40. The molecule has 0 radical (unpaired) electrons. The maximum atomic E-state index is 12.8. The van der Waals surface area contributed by atoms with Crippen molar-refractivity contribution in [2.24, 2.45) is 0 Å². The molecule has 0 aliphatic heterocycles. The summed E-state index contributed by atoms with van der Waals surface area (Å²) in [6.45, 7) is 0.718. The van der Waals surface area contributed by atoms with Crippen LogP contribution in [0.5, 0.6) is 0 Å². The lowest BCUT2D eigenvalue weighted by atomic mass is 10.2. The molecule has 8 heteroatoms. The van der Waals surface area contributed by atoms with Gasteiger partial charge in [0.2, 0.25) is 0 Å². The SMILES string of the molecule is O=S(=O)(CCN(Cc1ccccc1)C(=S)Nc1ccc(Cl)cc1)c1ccc(Cl)cc1. The van der Waals surface area contributed by atoms with Crippen LogP contribution < -0.4 is 5.32 Å². The van der Waals surface area contributed by atoms with Crippen molar-refractivity contribution < 1.29 is 8.42 Å². The van der Waals surface area contributed by atoms with Crippen molar-refractivity contribution >= 4 is 56.1 Å². The summed E-state index contributed by atoms with van der Waals surface area (Å²) in [5.41, 5.74) is 1.81. The van der Waals surface area contributed by atoms with E-state index in [0.29, 0.717) is 21.7 Å². The second-order valence-corrected chi connectivity index (χ2v) is 9.99. The van der Waals surface area contributed by atoms with Crippen LogP contribution in [0.25, 0.3) is 0 Å². The first-order valence-electron chi connectivity index (χ1n) is 9.17. The third-order valence-corrected chi connectivity index (χ3v) is 6.98. The number of rotatable bonds is 7. The Morgan fingerprint density at radius 2 is 1.43 bits per heavy atom. The largest absolute Gasteiger partial charge is 0.344 e. The molecule has 0 aliphatic carbocycles. The zero-order valence-electron chi connectivity index (χ0n) is 16.0. The lowest BCUT2D eigenvalue weighted by Crippen LogP contribution is -2.37. The Kier molecular flexibility index (Phi) is 7.72. The highest BCUT2D eigenvalue weighted by atomic mass is 35.5. The first-order chi connectivity index (χ1) is 14.3. The number of hydrogen-bond donors (Lipinski definition) is 1. The van der Waals surface area contributed by atoms with E-state index in [0.717, 1.165) is 11.3 Å². The van der Waals surface area contributed by atoms with Crippen LogP contribution in [0.15, 0.2) is 83.8 Å². The Hall–Kier alpha value is -2.12. The van der Waals surface area contributed by atoms with Crippen molar-refractivity contribution in [2.45, 2.75) is 11.4 Å². The van der Waals surface area contributed by atoms with Crippen molar-refractivity contribution in [2.75, 3.05) is 17.6 Å². The summed E-state index contributed by atoms with van der Waals surface area (Å²) in [4.78, 5) is 2.08. The Balaban J connectivity index is 1.75. The Morgan fingerprint density at radius 3 is 2.03 bits per heavy atom. The fourth-order valence-corrected chi connectivity index (χ4v) is 4.55. The van der Waals surface area contributed by atoms with Gasteiger partial charge in [-0.25, -0.2) is 8.42 Å². The van der Waals surface area contributed by atoms with Gasteiger partial charge in [0.25, 0.3) is 0 Å². The highest BCUT2D eigenvalue weighted by Gasteiger charge is 2.18. The molecule has 0 heterocycles. The molecule has 1 N–H and O–H groups in total. The van der Waals surface area contributed by atoms with Crippen LogP contribution >= 0.6 is 35.4 Å². The molecule has 0 atom stereocenters. The van der Waals surface area contributed by atoms with Crippen LogP contribution in [0.2, 0.25) is 10.0 Å². The number of sulfone groups is 1. The minimum Gasteiger partial charge on any atom is -0.344 e. The molecule has 0 aromatic heterocycles. The van der Waals surface area contributed by atoms with E-state index >= 15 is 0 Å². The van der Waals surface area contributed by atoms with Crippen LogP contribution in [-0.4, -0.2) is 30.7 Å². The number of benzene rings is 3. The van der Waals surface area contributed by atoms with Gasteiger partial charge >= 0.3 is 0 Å². The minimum atomic E-state index is -3.48. The topological polar surface area (TPSA) is 49.4 Å². The Labute approximate surface area is 192 Å². The lowest BCUT2D eigenvalue weighted by Gasteiger charge is -2.26. The number of nitrogens with one attached hydrogen (secondary N) is 1. The molecule has 0 amide bonds. The molecular formula is C22H20Cl2N2O2S2. The van der Waals surface area contributed by atoms with E-state index in [1.807, 2.05) is 47.4 Å². The molecule has 3 aromatic rings. The van der Waals surface area contributed by atoms with Gasteiger partial charge in [0.05, 0.1) is 10.6 Å². The van der Waals surface area contributed by atoms with E-state index in [9.17, 15) is 8.42 Å². The molecule has 0 bridgehead atoms. The molecule has 0 unspecified atom stereocenters. The highest BCUT2D eigenvalue weighted by Crippen LogP contribution is 2.18. The fourth-order valence-electron chi connectivity index (χ4n) is 2.78. The summed E-state index contributed by atoms with van der Waals surface area (Å²) in [7, 11) is -3.48. The molecular weight excluding hydrogens is 459 g/mol. The van der Waals surface area contributed by atoms with Crippen molar-refractivity contribution in [3.63, 3.8) is 0 Å². The van der Waals surface area contributed by atoms with Crippen LogP contribution in [-0.2, 0) is 16.4 Å². The number of halogens is 2. The average molecular weight is 479 g/mol. The molecule has 3 aromatic carbocycles. The molecule has 4 nitrogen and oxygen atoms in total. The average Bonchev–Trinajstić information content (AvgIpc) is 2.74. The summed E-state index contributed by atoms with van der Waals surface area (Å²) in [5, 5.41) is 4.72. The van der Waals surface area contributed by atoms with E-state index in [1.54, 1.807) is 24.3 Å². The van der Waals surface area contributed by atoms with Crippen LogP contribution in [0.3, 0.4) is 0 Å². The maximum Gasteiger partial charge on any atom is 0.180 e. The molecule has 0 fully saturated rings. The zero-order valence-corrected chi connectivity index (χ0v) is 19.1. The van der Waals surface area contributed by atoms with Crippen LogP contribution in [0.1, 0.15) is 5.56 Å². The normalized spacial score (nSPS) is 11.1. The summed E-state index contributed by atoms with van der Waals surface area (Å²) < 4.78 is 25.5. The van der Waals surface area contributed by atoms with Gasteiger partial charge < -0.3 is 10.2 Å². The van der Waals surface area contributed by atoms with Gasteiger partial charge in [0.15, 0.2) is 14.9 Å². The van der Waals surface area contributed by atoms with Crippen molar-refractivity contribution in [1.82, 2.24) is 4.90 Å².